The third-order valence-electron chi connectivity index (χ3n) is 5.61. The molecule has 0 radical (unpaired) electrons. The molecule has 2 aromatic carbocycles. The smallest absolute Gasteiger partial charge is 0.272 e. The van der Waals surface area contributed by atoms with Gasteiger partial charge >= 0.3 is 0 Å². The molecule has 1 aromatic heterocycles. The molecule has 1 heterocycles. The highest BCUT2D eigenvalue weighted by atomic mass is 127. The SMILES string of the molecule is CCC(C)N(CCNC(=O)CCC(=O)I)C(=O)c1cc2ccccc2c(-c2ccccc2)n1. The van der Waals surface area contributed by atoms with Gasteiger partial charge in [-0.05, 0) is 47.4 Å². The van der Waals surface area contributed by atoms with E-state index in [-0.39, 0.29) is 34.5 Å². The fourth-order valence-electron chi connectivity index (χ4n) is 3.63. The van der Waals surface area contributed by atoms with E-state index in [9.17, 15) is 14.4 Å². The number of nitrogens with zero attached hydrogens (tertiary/aromatic N) is 2. The predicted molar refractivity (Wildman–Crippen MR) is 139 cm³/mol. The third kappa shape index (κ3) is 6.60. The van der Waals surface area contributed by atoms with E-state index in [1.807, 2.05) is 74.5 Å². The molecule has 0 fully saturated rings. The molecule has 1 atom stereocenters. The van der Waals surface area contributed by atoms with E-state index in [0.717, 1.165) is 28.5 Å². The lowest BCUT2D eigenvalue weighted by Crippen LogP contribution is -2.43. The van der Waals surface area contributed by atoms with Crippen molar-refractivity contribution in [2.45, 2.75) is 39.2 Å². The molecule has 1 N–H and O–H groups in total. The maximum Gasteiger partial charge on any atom is 0.272 e. The van der Waals surface area contributed by atoms with Gasteiger partial charge in [0.15, 0.2) is 3.79 Å². The van der Waals surface area contributed by atoms with Crippen molar-refractivity contribution in [1.82, 2.24) is 15.2 Å². The summed E-state index contributed by atoms with van der Waals surface area (Å²) in [5, 5.41) is 4.76. The first-order valence-corrected chi connectivity index (χ1v) is 12.2. The van der Waals surface area contributed by atoms with Crippen LogP contribution >= 0.6 is 22.6 Å². The number of fused-ring (bicyclic) bond motifs is 1. The number of carbonyl (C=O) groups is 3. The molecule has 7 heteroatoms. The normalized spacial score (nSPS) is 11.7. The highest BCUT2D eigenvalue weighted by Crippen LogP contribution is 2.28. The molecule has 1 unspecified atom stereocenters. The van der Waals surface area contributed by atoms with Gasteiger partial charge in [0.25, 0.3) is 5.91 Å². The van der Waals surface area contributed by atoms with Crippen LogP contribution in [0.3, 0.4) is 0 Å². The summed E-state index contributed by atoms with van der Waals surface area (Å²) in [6, 6.07) is 19.6. The van der Waals surface area contributed by atoms with E-state index >= 15 is 0 Å². The summed E-state index contributed by atoms with van der Waals surface area (Å²) in [7, 11) is 0. The minimum atomic E-state index is -0.188. The standard InChI is InChI=1S/C26H28IN3O3/c1-3-18(2)30(16-15-28-24(32)14-13-23(27)31)26(33)22-17-20-11-7-8-12-21(20)25(29-22)19-9-5-4-6-10-19/h4-12,17-18H,3,13-16H2,1-2H3,(H,28,32). The second-order valence-electron chi connectivity index (χ2n) is 7.90. The summed E-state index contributed by atoms with van der Waals surface area (Å²) in [6.07, 6.45) is 1.15. The fourth-order valence-corrected chi connectivity index (χ4v) is 3.90. The number of nitrogens with one attached hydrogen (secondary N) is 1. The molecule has 0 spiro atoms. The molecule has 0 aliphatic rings. The first-order chi connectivity index (χ1) is 15.9. The van der Waals surface area contributed by atoms with Crippen LogP contribution in [0.15, 0.2) is 60.7 Å². The van der Waals surface area contributed by atoms with Crippen LogP contribution in [0.5, 0.6) is 0 Å². The number of hydrogen-bond acceptors (Lipinski definition) is 4. The molecule has 0 aliphatic heterocycles. The maximum absolute atomic E-state index is 13.6. The van der Waals surface area contributed by atoms with Crippen LogP contribution in [0, 0.1) is 0 Å². The number of carbonyl (C=O) groups excluding carboxylic acids is 3. The van der Waals surface area contributed by atoms with Crippen LogP contribution in [0.1, 0.15) is 43.6 Å². The van der Waals surface area contributed by atoms with Crippen molar-refractivity contribution < 1.29 is 14.4 Å². The van der Waals surface area contributed by atoms with Crippen molar-refractivity contribution in [3.05, 3.63) is 66.4 Å². The molecule has 172 valence electrons. The van der Waals surface area contributed by atoms with Crippen LogP contribution in [-0.2, 0) is 9.59 Å². The van der Waals surface area contributed by atoms with Gasteiger partial charge in [-0.1, -0.05) is 61.5 Å². The number of rotatable bonds is 10. The first-order valence-electron chi connectivity index (χ1n) is 11.1. The Morgan fingerprint density at radius 1 is 1.03 bits per heavy atom. The lowest BCUT2D eigenvalue weighted by molar-refractivity contribution is -0.122. The highest BCUT2D eigenvalue weighted by molar-refractivity contribution is 14.1. The van der Waals surface area contributed by atoms with Gasteiger partial charge in [-0.15, -0.1) is 0 Å². The van der Waals surface area contributed by atoms with E-state index in [4.69, 9.17) is 4.98 Å². The minimum absolute atomic E-state index is 0.0150. The van der Waals surface area contributed by atoms with Gasteiger partial charge < -0.3 is 10.2 Å². The molecule has 0 aliphatic carbocycles. The van der Waals surface area contributed by atoms with E-state index in [1.165, 1.54) is 0 Å². The average molecular weight is 557 g/mol. The third-order valence-corrected chi connectivity index (χ3v) is 6.15. The van der Waals surface area contributed by atoms with Gasteiger partial charge in [0.1, 0.15) is 5.69 Å². The van der Waals surface area contributed by atoms with Gasteiger partial charge in [-0.2, -0.15) is 0 Å². The Kier molecular flexibility index (Phi) is 8.94. The zero-order valence-electron chi connectivity index (χ0n) is 18.9. The van der Waals surface area contributed by atoms with Crippen LogP contribution in [-0.4, -0.2) is 44.6 Å². The lowest BCUT2D eigenvalue weighted by atomic mass is 10.0. The molecule has 3 aromatic rings. The second kappa shape index (κ2) is 11.9. The molecule has 6 nitrogen and oxygen atoms in total. The largest absolute Gasteiger partial charge is 0.354 e. The van der Waals surface area contributed by atoms with E-state index < -0.39 is 0 Å². The first kappa shape index (κ1) is 24.8. The Morgan fingerprint density at radius 2 is 1.73 bits per heavy atom. The Bertz CT molecular complexity index is 1130. The number of benzene rings is 2. The summed E-state index contributed by atoms with van der Waals surface area (Å²) in [4.78, 5) is 43.2. The zero-order valence-corrected chi connectivity index (χ0v) is 21.0. The number of aromatic nitrogens is 1. The molecule has 2 amide bonds. The molecule has 33 heavy (non-hydrogen) atoms. The molecule has 0 saturated heterocycles. The Labute approximate surface area is 207 Å². The lowest BCUT2D eigenvalue weighted by Gasteiger charge is -2.28. The van der Waals surface area contributed by atoms with Gasteiger partial charge in [0, 0.05) is 42.9 Å². The number of halogens is 1. The summed E-state index contributed by atoms with van der Waals surface area (Å²) >= 11 is 1.69. The summed E-state index contributed by atoms with van der Waals surface area (Å²) in [6.45, 7) is 4.71. The topological polar surface area (TPSA) is 79.4 Å². The van der Waals surface area contributed by atoms with Crippen molar-refractivity contribution in [1.29, 1.82) is 0 Å². The Morgan fingerprint density at radius 3 is 2.42 bits per heavy atom. The molecule has 0 saturated carbocycles. The van der Waals surface area contributed by atoms with Crippen LogP contribution in [0.2, 0.25) is 0 Å². The van der Waals surface area contributed by atoms with Gasteiger partial charge in [-0.3, -0.25) is 14.4 Å². The minimum Gasteiger partial charge on any atom is -0.354 e. The number of hydrogen-bond donors (Lipinski definition) is 1. The highest BCUT2D eigenvalue weighted by Gasteiger charge is 2.23. The van der Waals surface area contributed by atoms with Crippen molar-refractivity contribution in [3.8, 4) is 11.3 Å². The van der Waals surface area contributed by atoms with E-state index in [2.05, 4.69) is 5.32 Å². The second-order valence-corrected chi connectivity index (χ2v) is 9.11. The van der Waals surface area contributed by atoms with Crippen LogP contribution < -0.4 is 5.32 Å². The average Bonchev–Trinajstić information content (AvgIpc) is 2.84. The summed E-state index contributed by atoms with van der Waals surface area (Å²) in [5.41, 5.74) is 2.11. The zero-order chi connectivity index (χ0) is 23.8. The van der Waals surface area contributed by atoms with Crippen molar-refractivity contribution in [2.24, 2.45) is 0 Å². The Balaban J connectivity index is 1.86. The number of pyridine rings is 1. The molecule has 0 bridgehead atoms. The van der Waals surface area contributed by atoms with Gasteiger partial charge in [-0.25, -0.2) is 4.98 Å². The summed E-state index contributed by atoms with van der Waals surface area (Å²) in [5.74, 6) is -0.351. The van der Waals surface area contributed by atoms with Gasteiger partial charge in [0.05, 0.1) is 5.69 Å². The molecular weight excluding hydrogens is 529 g/mol. The fraction of sp³-hybridized carbons (Fsp3) is 0.308. The van der Waals surface area contributed by atoms with E-state index in [0.29, 0.717) is 18.8 Å². The molecule has 3 rings (SSSR count). The monoisotopic (exact) mass is 557 g/mol. The van der Waals surface area contributed by atoms with Crippen molar-refractivity contribution >= 4 is 49.0 Å². The predicted octanol–water partition coefficient (Wildman–Crippen LogP) is 5.00. The van der Waals surface area contributed by atoms with Crippen LogP contribution in [0.25, 0.3) is 22.0 Å². The van der Waals surface area contributed by atoms with Crippen molar-refractivity contribution in [2.75, 3.05) is 13.1 Å². The maximum atomic E-state index is 13.6. The quantitative estimate of drug-likeness (QED) is 0.281. The summed E-state index contributed by atoms with van der Waals surface area (Å²) < 4.78 is -0.0456. The van der Waals surface area contributed by atoms with Crippen molar-refractivity contribution in [3.63, 3.8) is 0 Å². The molecular formula is C26H28IN3O3. The van der Waals surface area contributed by atoms with Crippen LogP contribution in [0.4, 0.5) is 0 Å². The van der Waals surface area contributed by atoms with Gasteiger partial charge in [0.2, 0.25) is 5.91 Å². The van der Waals surface area contributed by atoms with E-state index in [1.54, 1.807) is 27.5 Å². The number of amides is 2. The Hall–Kier alpha value is -2.81.